The number of nitrogens with zero attached hydrogens (tertiary/aromatic N) is 2. The Hall–Kier alpha value is -1.13. The van der Waals surface area contributed by atoms with Crippen molar-refractivity contribution >= 4 is 5.82 Å². The van der Waals surface area contributed by atoms with Gasteiger partial charge in [-0.3, -0.25) is 0 Å². The number of aliphatic hydroxyl groups excluding tert-OH is 1. The average molecular weight is 277 g/mol. The molecule has 0 aliphatic heterocycles. The number of pyridine rings is 1. The monoisotopic (exact) mass is 277 g/mol. The molecule has 0 bridgehead atoms. The maximum Gasteiger partial charge on any atom is 0.128 e. The van der Waals surface area contributed by atoms with E-state index in [0.29, 0.717) is 12.0 Å². The number of aromatic nitrogens is 1. The summed E-state index contributed by atoms with van der Waals surface area (Å²) in [5.74, 6) is 1.63. The van der Waals surface area contributed by atoms with Gasteiger partial charge in [0.25, 0.3) is 0 Å². The molecule has 2 rings (SSSR count). The number of aliphatic hydroxyl groups is 1. The quantitative estimate of drug-likeness (QED) is 0.803. The minimum atomic E-state index is -0.0778. The first-order valence-electron chi connectivity index (χ1n) is 7.68. The normalized spacial score (nSPS) is 23.2. The number of nitrogens with one attached hydrogen (secondary N) is 1. The van der Waals surface area contributed by atoms with Crippen LogP contribution in [-0.4, -0.2) is 36.3 Å². The summed E-state index contributed by atoms with van der Waals surface area (Å²) in [4.78, 5) is 6.67. The Kier molecular flexibility index (Phi) is 5.38. The van der Waals surface area contributed by atoms with Gasteiger partial charge >= 0.3 is 0 Å². The SMILES string of the molecule is CCCNC(C)c1ccnc(N(C)CC2CC(O)C2)c1. The Morgan fingerprint density at radius 2 is 2.25 bits per heavy atom. The first-order valence-corrected chi connectivity index (χ1v) is 7.68. The van der Waals surface area contributed by atoms with Crippen molar-refractivity contribution in [3.8, 4) is 0 Å². The molecular weight excluding hydrogens is 250 g/mol. The lowest BCUT2D eigenvalue weighted by Gasteiger charge is -2.35. The predicted molar refractivity (Wildman–Crippen MR) is 82.9 cm³/mol. The minimum Gasteiger partial charge on any atom is -0.393 e. The summed E-state index contributed by atoms with van der Waals surface area (Å²) in [5, 5.41) is 12.9. The fourth-order valence-electron chi connectivity index (χ4n) is 2.72. The fraction of sp³-hybridized carbons (Fsp3) is 0.688. The molecule has 4 nitrogen and oxygen atoms in total. The van der Waals surface area contributed by atoms with Crippen LogP contribution in [0, 0.1) is 5.92 Å². The van der Waals surface area contributed by atoms with E-state index in [1.165, 1.54) is 5.56 Å². The molecule has 0 amide bonds. The molecule has 112 valence electrons. The third-order valence-corrected chi connectivity index (χ3v) is 4.10. The highest BCUT2D eigenvalue weighted by Crippen LogP contribution is 2.29. The van der Waals surface area contributed by atoms with Gasteiger partial charge in [0.1, 0.15) is 5.82 Å². The van der Waals surface area contributed by atoms with Crippen LogP contribution in [0.5, 0.6) is 0 Å². The molecule has 1 heterocycles. The van der Waals surface area contributed by atoms with Gasteiger partial charge in [-0.15, -0.1) is 0 Å². The van der Waals surface area contributed by atoms with Crippen molar-refractivity contribution in [1.29, 1.82) is 0 Å². The van der Waals surface area contributed by atoms with Gasteiger partial charge in [0.05, 0.1) is 6.10 Å². The molecule has 1 aliphatic rings. The van der Waals surface area contributed by atoms with Gasteiger partial charge in [-0.1, -0.05) is 6.92 Å². The summed E-state index contributed by atoms with van der Waals surface area (Å²) in [6.07, 6.45) is 4.82. The third-order valence-electron chi connectivity index (χ3n) is 4.10. The molecule has 4 heteroatoms. The molecule has 0 saturated heterocycles. The van der Waals surface area contributed by atoms with Gasteiger partial charge in [-0.05, 0) is 56.3 Å². The predicted octanol–water partition coefficient (Wildman–Crippen LogP) is 2.35. The maximum atomic E-state index is 9.36. The third kappa shape index (κ3) is 3.93. The molecule has 1 saturated carbocycles. The Labute approximate surface area is 122 Å². The van der Waals surface area contributed by atoms with E-state index in [9.17, 15) is 5.11 Å². The minimum absolute atomic E-state index is 0.0778. The van der Waals surface area contributed by atoms with E-state index < -0.39 is 0 Å². The molecule has 1 unspecified atom stereocenters. The van der Waals surface area contributed by atoms with Crippen LogP contribution in [0.3, 0.4) is 0 Å². The van der Waals surface area contributed by atoms with Crippen molar-refractivity contribution in [2.45, 2.75) is 45.3 Å². The van der Waals surface area contributed by atoms with Crippen molar-refractivity contribution in [1.82, 2.24) is 10.3 Å². The van der Waals surface area contributed by atoms with E-state index >= 15 is 0 Å². The second-order valence-corrected chi connectivity index (χ2v) is 5.99. The van der Waals surface area contributed by atoms with E-state index in [0.717, 1.165) is 38.2 Å². The van der Waals surface area contributed by atoms with Crippen LogP contribution in [0.25, 0.3) is 0 Å². The zero-order valence-electron chi connectivity index (χ0n) is 12.8. The largest absolute Gasteiger partial charge is 0.393 e. The van der Waals surface area contributed by atoms with Crippen LogP contribution in [0.2, 0.25) is 0 Å². The summed E-state index contributed by atoms with van der Waals surface area (Å²) >= 11 is 0. The molecule has 20 heavy (non-hydrogen) atoms. The van der Waals surface area contributed by atoms with Gasteiger partial charge in [0, 0.05) is 25.8 Å². The molecule has 0 aromatic carbocycles. The molecule has 2 N–H and O–H groups in total. The zero-order chi connectivity index (χ0) is 14.5. The highest BCUT2D eigenvalue weighted by molar-refractivity contribution is 5.41. The molecule has 1 aliphatic carbocycles. The molecule has 1 aromatic heterocycles. The van der Waals surface area contributed by atoms with Crippen LogP contribution >= 0.6 is 0 Å². The van der Waals surface area contributed by atoms with E-state index in [2.05, 4.69) is 48.2 Å². The van der Waals surface area contributed by atoms with E-state index in [1.807, 2.05) is 6.20 Å². The van der Waals surface area contributed by atoms with Crippen molar-refractivity contribution in [3.05, 3.63) is 23.9 Å². The van der Waals surface area contributed by atoms with Crippen LogP contribution in [-0.2, 0) is 0 Å². The number of hydrogen-bond acceptors (Lipinski definition) is 4. The second kappa shape index (κ2) is 7.04. The van der Waals surface area contributed by atoms with Crippen molar-refractivity contribution < 1.29 is 5.11 Å². The summed E-state index contributed by atoms with van der Waals surface area (Å²) < 4.78 is 0. The van der Waals surface area contributed by atoms with Gasteiger partial charge in [0.2, 0.25) is 0 Å². The average Bonchev–Trinajstić information content (AvgIpc) is 2.43. The Bertz CT molecular complexity index is 418. The lowest BCUT2D eigenvalue weighted by molar-refractivity contribution is 0.0464. The number of anilines is 1. The maximum absolute atomic E-state index is 9.36. The van der Waals surface area contributed by atoms with Crippen molar-refractivity contribution in [3.63, 3.8) is 0 Å². The summed E-state index contributed by atoms with van der Waals surface area (Å²) in [5.41, 5.74) is 1.28. The molecule has 0 radical (unpaired) electrons. The lowest BCUT2D eigenvalue weighted by atomic mass is 9.82. The van der Waals surface area contributed by atoms with Gasteiger partial charge in [-0.25, -0.2) is 4.98 Å². The molecular formula is C16H27N3O. The summed E-state index contributed by atoms with van der Waals surface area (Å²) in [6.45, 7) is 6.38. The van der Waals surface area contributed by atoms with Crippen LogP contribution in [0.15, 0.2) is 18.3 Å². The van der Waals surface area contributed by atoms with Crippen LogP contribution < -0.4 is 10.2 Å². The number of rotatable bonds is 7. The van der Waals surface area contributed by atoms with Crippen LogP contribution in [0.4, 0.5) is 5.82 Å². The first kappa shape index (κ1) is 15.3. The van der Waals surface area contributed by atoms with E-state index in [1.54, 1.807) is 0 Å². The first-order chi connectivity index (χ1) is 9.60. The van der Waals surface area contributed by atoms with Crippen LogP contribution in [0.1, 0.15) is 44.7 Å². The van der Waals surface area contributed by atoms with E-state index in [-0.39, 0.29) is 6.10 Å². The van der Waals surface area contributed by atoms with Crippen molar-refractivity contribution in [2.75, 3.05) is 25.0 Å². The van der Waals surface area contributed by atoms with Crippen molar-refractivity contribution in [2.24, 2.45) is 5.92 Å². The molecule has 1 atom stereocenters. The molecule has 0 spiro atoms. The Morgan fingerprint density at radius 1 is 1.50 bits per heavy atom. The van der Waals surface area contributed by atoms with Gasteiger partial charge < -0.3 is 15.3 Å². The lowest BCUT2D eigenvalue weighted by Crippen LogP contribution is -2.37. The Balaban J connectivity index is 1.94. The highest BCUT2D eigenvalue weighted by atomic mass is 16.3. The topological polar surface area (TPSA) is 48.4 Å². The van der Waals surface area contributed by atoms with Gasteiger partial charge in [-0.2, -0.15) is 0 Å². The smallest absolute Gasteiger partial charge is 0.128 e. The van der Waals surface area contributed by atoms with E-state index in [4.69, 9.17) is 0 Å². The fourth-order valence-corrected chi connectivity index (χ4v) is 2.72. The summed E-state index contributed by atoms with van der Waals surface area (Å²) in [7, 11) is 2.08. The standard InChI is InChI=1S/C16H27N3O/c1-4-6-17-12(2)14-5-7-18-16(10-14)19(3)11-13-8-15(20)9-13/h5,7,10,12-13,15,17,20H,4,6,8-9,11H2,1-3H3. The second-order valence-electron chi connectivity index (χ2n) is 5.99. The van der Waals surface area contributed by atoms with Gasteiger partial charge in [0.15, 0.2) is 0 Å². The Morgan fingerprint density at radius 3 is 2.90 bits per heavy atom. The highest BCUT2D eigenvalue weighted by Gasteiger charge is 2.28. The molecule has 1 fully saturated rings. The number of hydrogen-bond donors (Lipinski definition) is 2. The summed E-state index contributed by atoms with van der Waals surface area (Å²) in [6, 6.07) is 4.61. The molecule has 1 aromatic rings. The zero-order valence-corrected chi connectivity index (χ0v) is 12.8.